The van der Waals surface area contributed by atoms with E-state index in [2.05, 4.69) is 33.9 Å². The maximum atomic E-state index is 13.0. The molecule has 1 saturated heterocycles. The molecule has 3 rings (SSSR count). The highest BCUT2D eigenvalue weighted by molar-refractivity contribution is 5.81. The van der Waals surface area contributed by atoms with Gasteiger partial charge in [0.05, 0.1) is 24.0 Å². The van der Waals surface area contributed by atoms with Crippen LogP contribution in [-0.2, 0) is 4.74 Å². The van der Waals surface area contributed by atoms with Gasteiger partial charge in [0.2, 0.25) is 0 Å². The molecule has 0 radical (unpaired) electrons. The molecule has 1 N–H and O–H groups in total. The molecule has 0 bridgehead atoms. The van der Waals surface area contributed by atoms with Gasteiger partial charge >= 0.3 is 0 Å². The van der Waals surface area contributed by atoms with Crippen LogP contribution in [0.2, 0.25) is 0 Å². The molecule has 0 aliphatic carbocycles. The van der Waals surface area contributed by atoms with Gasteiger partial charge in [0.15, 0.2) is 5.43 Å². The fourth-order valence-electron chi connectivity index (χ4n) is 3.76. The van der Waals surface area contributed by atoms with Crippen LogP contribution in [0.15, 0.2) is 53.1 Å². The van der Waals surface area contributed by atoms with Gasteiger partial charge in [-0.1, -0.05) is 18.2 Å². The number of pyridine rings is 1. The summed E-state index contributed by atoms with van der Waals surface area (Å²) in [4.78, 5) is 22.4. The Morgan fingerprint density at radius 1 is 1.23 bits per heavy atom. The maximum absolute atomic E-state index is 13.0. The number of nitrogens with zero attached hydrogens (tertiary/aromatic N) is 3. The Labute approximate surface area is 185 Å². The number of rotatable bonds is 8. The first-order valence-electron chi connectivity index (χ1n) is 11.0. The van der Waals surface area contributed by atoms with Crippen molar-refractivity contribution in [3.05, 3.63) is 64.1 Å². The van der Waals surface area contributed by atoms with Crippen LogP contribution in [0.1, 0.15) is 26.3 Å². The van der Waals surface area contributed by atoms with Crippen molar-refractivity contribution in [2.75, 3.05) is 51.3 Å². The van der Waals surface area contributed by atoms with Crippen molar-refractivity contribution >= 4 is 22.7 Å². The summed E-state index contributed by atoms with van der Waals surface area (Å²) >= 11 is 0. The summed E-state index contributed by atoms with van der Waals surface area (Å²) in [6, 6.07) is 8.10. The lowest BCUT2D eigenvalue weighted by molar-refractivity contribution is 0.202. The zero-order valence-electron chi connectivity index (χ0n) is 19.1. The molecule has 2 aromatic rings. The molecular formula is C25H34N4O2. The first-order chi connectivity index (χ1) is 15.0. The van der Waals surface area contributed by atoms with E-state index in [1.165, 1.54) is 0 Å². The molecular weight excluding hydrogens is 388 g/mol. The zero-order valence-corrected chi connectivity index (χ0v) is 19.1. The van der Waals surface area contributed by atoms with Crippen LogP contribution in [0.3, 0.4) is 0 Å². The molecule has 166 valence electrons. The number of hydrogen-bond acceptors (Lipinski definition) is 6. The lowest BCUT2D eigenvalue weighted by atomic mass is 10.2. The molecule has 31 heavy (non-hydrogen) atoms. The number of aromatic nitrogens is 1. The van der Waals surface area contributed by atoms with Crippen LogP contribution in [0.25, 0.3) is 17.0 Å². The monoisotopic (exact) mass is 422 g/mol. The Kier molecular flexibility index (Phi) is 8.20. The summed E-state index contributed by atoms with van der Waals surface area (Å²) in [5.74, 6) is 0. The number of anilines is 1. The fraction of sp³-hybridized carbons (Fsp3) is 0.440. The quantitative estimate of drug-likeness (QED) is 0.521. The molecule has 1 aliphatic heterocycles. The highest BCUT2D eigenvalue weighted by Crippen LogP contribution is 2.20. The Bertz CT molecular complexity index is 992. The van der Waals surface area contributed by atoms with Crippen LogP contribution in [-0.4, -0.2) is 62.4 Å². The minimum atomic E-state index is -0.0100. The third-order valence-corrected chi connectivity index (χ3v) is 5.71. The van der Waals surface area contributed by atoms with E-state index >= 15 is 0 Å². The van der Waals surface area contributed by atoms with E-state index in [4.69, 9.17) is 4.74 Å². The minimum Gasteiger partial charge on any atom is -0.383 e. The number of hydrogen-bond donors (Lipinski definition) is 1. The van der Waals surface area contributed by atoms with E-state index in [0.717, 1.165) is 55.2 Å². The van der Waals surface area contributed by atoms with Gasteiger partial charge in [-0.15, -0.1) is 0 Å². The van der Waals surface area contributed by atoms with Crippen LogP contribution in [0, 0.1) is 0 Å². The number of piperazine rings is 1. The molecule has 0 saturated carbocycles. The predicted octanol–water partition coefficient (Wildman–Crippen LogP) is 3.28. The lowest BCUT2D eigenvalue weighted by Gasteiger charge is -2.38. The summed E-state index contributed by atoms with van der Waals surface area (Å²) in [6.45, 7) is 11.8. The van der Waals surface area contributed by atoms with Crippen LogP contribution in [0.4, 0.5) is 5.69 Å². The van der Waals surface area contributed by atoms with Gasteiger partial charge in [0.1, 0.15) is 0 Å². The topological polar surface area (TPSA) is 57.7 Å². The molecule has 2 heterocycles. The second kappa shape index (κ2) is 11.1. The van der Waals surface area contributed by atoms with Crippen LogP contribution < -0.4 is 15.6 Å². The van der Waals surface area contributed by atoms with E-state index in [1.54, 1.807) is 13.2 Å². The molecule has 6 heteroatoms. The third kappa shape index (κ3) is 6.15. The van der Waals surface area contributed by atoms with Crippen molar-refractivity contribution in [3.8, 4) is 0 Å². The summed E-state index contributed by atoms with van der Waals surface area (Å²) < 4.78 is 5.07. The SMILES string of the molecule is C/C=C(\C=C/c1ccc2ncc(N3CCN(C(C)C)CC3)cc2c(=O)c1)NCCOC. The van der Waals surface area contributed by atoms with Crippen molar-refractivity contribution in [2.45, 2.75) is 26.8 Å². The van der Waals surface area contributed by atoms with Gasteiger partial charge in [-0.3, -0.25) is 14.7 Å². The van der Waals surface area contributed by atoms with Crippen molar-refractivity contribution in [1.29, 1.82) is 0 Å². The fourth-order valence-corrected chi connectivity index (χ4v) is 3.76. The number of fused-ring (bicyclic) bond motifs is 1. The minimum absolute atomic E-state index is 0.0100. The Hall–Kier alpha value is -2.70. The molecule has 0 atom stereocenters. The molecule has 1 aromatic heterocycles. The maximum Gasteiger partial charge on any atom is 0.188 e. The lowest BCUT2D eigenvalue weighted by Crippen LogP contribution is -2.48. The van der Waals surface area contributed by atoms with Gasteiger partial charge in [0, 0.05) is 57.0 Å². The van der Waals surface area contributed by atoms with Crippen LogP contribution >= 0.6 is 0 Å². The van der Waals surface area contributed by atoms with Crippen molar-refractivity contribution in [2.24, 2.45) is 0 Å². The van der Waals surface area contributed by atoms with Gasteiger partial charge in [0.25, 0.3) is 0 Å². The molecule has 1 fully saturated rings. The average Bonchev–Trinajstić information content (AvgIpc) is 2.94. The molecule has 1 aromatic carbocycles. The highest BCUT2D eigenvalue weighted by atomic mass is 16.5. The number of nitrogens with one attached hydrogen (secondary N) is 1. The average molecular weight is 423 g/mol. The van der Waals surface area contributed by atoms with Gasteiger partial charge in [-0.2, -0.15) is 0 Å². The second-order valence-corrected chi connectivity index (χ2v) is 8.08. The zero-order chi connectivity index (χ0) is 22.2. The molecule has 0 amide bonds. The van der Waals surface area contributed by atoms with Crippen molar-refractivity contribution < 1.29 is 4.74 Å². The second-order valence-electron chi connectivity index (χ2n) is 8.08. The Morgan fingerprint density at radius 3 is 2.68 bits per heavy atom. The smallest absolute Gasteiger partial charge is 0.188 e. The van der Waals surface area contributed by atoms with Gasteiger partial charge < -0.3 is 15.0 Å². The first-order valence-corrected chi connectivity index (χ1v) is 11.0. The number of allylic oxidation sites excluding steroid dienone is 2. The van der Waals surface area contributed by atoms with Crippen molar-refractivity contribution in [1.82, 2.24) is 15.2 Å². The molecule has 1 aliphatic rings. The summed E-state index contributed by atoms with van der Waals surface area (Å²) in [6.07, 6.45) is 7.81. The predicted molar refractivity (Wildman–Crippen MR) is 130 cm³/mol. The Balaban J connectivity index is 1.80. The van der Waals surface area contributed by atoms with Gasteiger partial charge in [-0.05, 0) is 50.6 Å². The largest absolute Gasteiger partial charge is 0.383 e. The first kappa shape index (κ1) is 23.0. The third-order valence-electron chi connectivity index (χ3n) is 5.71. The van der Waals surface area contributed by atoms with E-state index in [-0.39, 0.29) is 5.43 Å². The molecule has 6 nitrogen and oxygen atoms in total. The highest BCUT2D eigenvalue weighted by Gasteiger charge is 2.19. The molecule has 0 unspecified atom stereocenters. The number of ether oxygens (including phenoxy) is 1. The van der Waals surface area contributed by atoms with Crippen molar-refractivity contribution in [3.63, 3.8) is 0 Å². The summed E-state index contributed by atoms with van der Waals surface area (Å²) in [5, 5.41) is 3.96. The molecule has 0 spiro atoms. The summed E-state index contributed by atoms with van der Waals surface area (Å²) in [5.41, 5.74) is 3.57. The van der Waals surface area contributed by atoms with Crippen LogP contribution in [0.5, 0.6) is 0 Å². The normalized spacial score (nSPS) is 15.9. The van der Waals surface area contributed by atoms with E-state index < -0.39 is 0 Å². The van der Waals surface area contributed by atoms with E-state index in [1.807, 2.05) is 49.5 Å². The van der Waals surface area contributed by atoms with E-state index in [0.29, 0.717) is 18.0 Å². The standard InChI is InChI=1S/C25H34N4O2/c1-5-21(26-10-15-31-4)8-6-20-7-9-24-23(25(30)16-20)17-22(18-27-24)29-13-11-28(12-14-29)19(2)3/h5-9,16-19,26H,10-15H2,1-4H3/b8-6-,21-5+. The Morgan fingerprint density at radius 2 is 2.00 bits per heavy atom. The van der Waals surface area contributed by atoms with E-state index in [9.17, 15) is 4.79 Å². The van der Waals surface area contributed by atoms with Gasteiger partial charge in [-0.25, -0.2) is 0 Å². The number of methoxy groups -OCH3 is 1. The summed E-state index contributed by atoms with van der Waals surface area (Å²) in [7, 11) is 1.68.